The van der Waals surface area contributed by atoms with E-state index < -0.39 is 8.07 Å². The molecule has 0 aliphatic rings. The molecule has 0 bridgehead atoms. The Kier molecular flexibility index (Phi) is 6.98. The fourth-order valence-corrected chi connectivity index (χ4v) is 16.4. The molecule has 0 amide bonds. The van der Waals surface area contributed by atoms with E-state index in [0.717, 1.165) is 13.1 Å². The summed E-state index contributed by atoms with van der Waals surface area (Å²) in [7, 11) is -0.813. The molecule has 0 aliphatic heterocycles. The molecule has 0 nitrogen and oxygen atoms in total. The number of hydrogen-bond donors (Lipinski definition) is 0. The van der Waals surface area contributed by atoms with Crippen LogP contribution in [0.5, 0.6) is 0 Å². The second-order valence-electron chi connectivity index (χ2n) is 5.32. The molecule has 0 N–H and O–H groups in total. The van der Waals surface area contributed by atoms with Gasteiger partial charge in [0.2, 0.25) is 0 Å². The second-order valence-corrected chi connectivity index (χ2v) is 20.1. The van der Waals surface area contributed by atoms with Gasteiger partial charge in [-0.15, -0.1) is 0 Å². The van der Waals surface area contributed by atoms with Crippen molar-refractivity contribution in [1.82, 2.24) is 0 Å². The van der Waals surface area contributed by atoms with E-state index in [1.54, 1.807) is 0 Å². The van der Waals surface area contributed by atoms with Crippen LogP contribution in [0.2, 0.25) is 31.0 Å². The first-order valence-corrected chi connectivity index (χ1v) is 16.8. The van der Waals surface area contributed by atoms with Crippen LogP contribution in [0.3, 0.4) is 0 Å². The maximum absolute atomic E-state index is 3.30. The van der Waals surface area contributed by atoms with Crippen molar-refractivity contribution >= 4 is 53.2 Å². The SMILES string of the molecule is Cc1ccccc1C(=[Se])[Se][Se]CC[Si](C)(C)C. The zero-order valence-corrected chi connectivity index (χ0v) is 17.1. The van der Waals surface area contributed by atoms with Gasteiger partial charge in [-0.1, -0.05) is 0 Å². The Balaban J connectivity index is 2.39. The van der Waals surface area contributed by atoms with Crippen LogP contribution in [0, 0.1) is 6.92 Å². The molecule has 0 aliphatic carbocycles. The number of aryl methyl sites for hydroxylation is 1. The van der Waals surface area contributed by atoms with Crippen molar-refractivity contribution in [3.63, 3.8) is 0 Å². The van der Waals surface area contributed by atoms with Gasteiger partial charge in [-0.25, -0.2) is 0 Å². The van der Waals surface area contributed by atoms with Gasteiger partial charge in [0, 0.05) is 0 Å². The monoisotopic (exact) mass is 444 g/mol. The Morgan fingerprint density at radius 1 is 1.24 bits per heavy atom. The third kappa shape index (κ3) is 6.54. The van der Waals surface area contributed by atoms with Gasteiger partial charge in [0.1, 0.15) is 0 Å². The van der Waals surface area contributed by atoms with Crippen molar-refractivity contribution in [3.8, 4) is 0 Å². The number of benzene rings is 1. The normalized spacial score (nSPS) is 11.5. The van der Waals surface area contributed by atoms with Crippen molar-refractivity contribution in [2.75, 3.05) is 0 Å². The quantitative estimate of drug-likeness (QED) is 0.471. The summed E-state index contributed by atoms with van der Waals surface area (Å²) in [6.07, 6.45) is 0. The molecular formula is C13H20Se3Si. The molecule has 1 aromatic rings. The van der Waals surface area contributed by atoms with Crippen molar-refractivity contribution in [1.29, 1.82) is 0 Å². The molecule has 1 aromatic carbocycles. The predicted molar refractivity (Wildman–Crippen MR) is 85.5 cm³/mol. The van der Waals surface area contributed by atoms with E-state index in [1.165, 1.54) is 25.8 Å². The van der Waals surface area contributed by atoms with E-state index in [0.29, 0.717) is 13.1 Å². The molecule has 0 saturated carbocycles. The molecule has 0 aromatic heterocycles. The van der Waals surface area contributed by atoms with E-state index in [9.17, 15) is 0 Å². The summed E-state index contributed by atoms with van der Waals surface area (Å²) in [6.45, 7) is 9.62. The molecule has 0 atom stereocenters. The van der Waals surface area contributed by atoms with Crippen LogP contribution in [0.4, 0.5) is 0 Å². The minimum absolute atomic E-state index is 0.693. The average molecular weight is 441 g/mol. The molecule has 94 valence electrons. The first-order valence-electron chi connectivity index (χ1n) is 5.79. The molecule has 0 spiro atoms. The van der Waals surface area contributed by atoms with Crippen LogP contribution in [0.15, 0.2) is 24.3 Å². The van der Waals surface area contributed by atoms with E-state index in [1.807, 2.05) is 0 Å². The summed E-state index contributed by atoms with van der Waals surface area (Å²) in [5.41, 5.74) is 2.85. The maximum atomic E-state index is 3.30. The van der Waals surface area contributed by atoms with Gasteiger partial charge < -0.3 is 0 Å². The summed E-state index contributed by atoms with van der Waals surface area (Å²) in [5, 5.41) is 1.47. The summed E-state index contributed by atoms with van der Waals surface area (Å²) in [6, 6.07) is 10.2. The summed E-state index contributed by atoms with van der Waals surface area (Å²) >= 11 is 4.83. The molecule has 0 fully saturated rings. The zero-order chi connectivity index (χ0) is 12.9. The third-order valence-electron chi connectivity index (χ3n) is 2.43. The first kappa shape index (κ1) is 15.9. The van der Waals surface area contributed by atoms with E-state index in [2.05, 4.69) is 66.4 Å². The Morgan fingerprint density at radius 3 is 2.47 bits per heavy atom. The first-order chi connectivity index (χ1) is 7.90. The van der Waals surface area contributed by atoms with Crippen molar-refractivity contribution in [3.05, 3.63) is 35.4 Å². The zero-order valence-electron chi connectivity index (χ0n) is 10.9. The third-order valence-corrected chi connectivity index (χ3v) is 15.9. The van der Waals surface area contributed by atoms with Crippen molar-refractivity contribution in [2.24, 2.45) is 0 Å². The fraction of sp³-hybridized carbons (Fsp3) is 0.462. The van der Waals surface area contributed by atoms with Gasteiger partial charge in [-0.3, -0.25) is 0 Å². The molecular weight excluding hydrogens is 421 g/mol. The summed E-state index contributed by atoms with van der Waals surface area (Å²) in [5.74, 6) is 0. The molecule has 4 heteroatoms. The summed E-state index contributed by atoms with van der Waals surface area (Å²) in [4.78, 5) is 0. The van der Waals surface area contributed by atoms with Gasteiger partial charge in [-0.2, -0.15) is 0 Å². The van der Waals surface area contributed by atoms with Crippen LogP contribution in [-0.4, -0.2) is 53.2 Å². The van der Waals surface area contributed by atoms with Crippen molar-refractivity contribution in [2.45, 2.75) is 37.9 Å². The number of hydrogen-bond acceptors (Lipinski definition) is 0. The van der Waals surface area contributed by atoms with E-state index in [-0.39, 0.29) is 0 Å². The topological polar surface area (TPSA) is 0 Å². The van der Waals surface area contributed by atoms with Gasteiger partial charge >= 0.3 is 127 Å². The number of rotatable bonds is 6. The van der Waals surface area contributed by atoms with Crippen molar-refractivity contribution < 1.29 is 0 Å². The molecule has 0 saturated heterocycles. The Bertz CT molecular complexity index is 382. The Hall–Kier alpha value is 0.865. The molecule has 17 heavy (non-hydrogen) atoms. The second kappa shape index (κ2) is 7.45. The minimum atomic E-state index is -0.813. The van der Waals surface area contributed by atoms with Gasteiger partial charge in [0.25, 0.3) is 0 Å². The van der Waals surface area contributed by atoms with Gasteiger partial charge in [0.15, 0.2) is 0 Å². The van der Waals surface area contributed by atoms with Crippen LogP contribution in [0.25, 0.3) is 0 Å². The molecule has 0 unspecified atom stereocenters. The standard InChI is InChI=1S/C13H20Se3Si/c1-11-7-5-6-8-12(11)13(14)16-15-9-10-17(2,3)4/h5-8H,9-10H2,1-4H3. The average Bonchev–Trinajstić information content (AvgIpc) is 2.23. The van der Waals surface area contributed by atoms with Crippen LogP contribution in [-0.2, 0) is 0 Å². The molecule has 0 radical (unpaired) electrons. The Labute approximate surface area is 126 Å². The molecule has 0 heterocycles. The van der Waals surface area contributed by atoms with Gasteiger partial charge in [0.05, 0.1) is 0 Å². The molecule has 1 rings (SSSR count). The predicted octanol–water partition coefficient (Wildman–Crippen LogP) is 2.72. The Morgan fingerprint density at radius 2 is 1.88 bits per heavy atom. The fourth-order valence-electron chi connectivity index (χ4n) is 1.29. The van der Waals surface area contributed by atoms with E-state index in [4.69, 9.17) is 0 Å². The van der Waals surface area contributed by atoms with Crippen LogP contribution < -0.4 is 0 Å². The van der Waals surface area contributed by atoms with Gasteiger partial charge in [-0.05, 0) is 0 Å². The van der Waals surface area contributed by atoms with Crippen LogP contribution >= 0.6 is 0 Å². The van der Waals surface area contributed by atoms with Crippen LogP contribution in [0.1, 0.15) is 11.1 Å². The summed E-state index contributed by atoms with van der Waals surface area (Å²) < 4.78 is 1.52. The van der Waals surface area contributed by atoms with E-state index >= 15 is 0 Å².